The van der Waals surface area contributed by atoms with E-state index >= 15 is 0 Å². The smallest absolute Gasteiger partial charge is 0.289 e. The summed E-state index contributed by atoms with van der Waals surface area (Å²) in [5.74, 6) is 1.12. The highest BCUT2D eigenvalue weighted by atomic mass is 16.5. The molecule has 0 saturated carbocycles. The SMILES string of the molecule is CC(C)CCOc1ccc(/C=N\NC(=O)c2ccccn2)cc1. The first-order chi connectivity index (χ1) is 11.1. The zero-order chi connectivity index (χ0) is 16.5. The minimum absolute atomic E-state index is 0.332. The van der Waals surface area contributed by atoms with Crippen molar-refractivity contribution < 1.29 is 9.53 Å². The number of rotatable bonds is 7. The summed E-state index contributed by atoms with van der Waals surface area (Å²) in [6.07, 6.45) is 4.18. The lowest BCUT2D eigenvalue weighted by Crippen LogP contribution is -2.18. The summed E-state index contributed by atoms with van der Waals surface area (Å²) >= 11 is 0. The lowest BCUT2D eigenvalue weighted by molar-refractivity contribution is 0.0950. The Balaban J connectivity index is 1.82. The first-order valence-corrected chi connectivity index (χ1v) is 7.62. The number of nitrogens with one attached hydrogen (secondary N) is 1. The minimum atomic E-state index is -0.338. The normalized spacial score (nSPS) is 10.9. The van der Waals surface area contributed by atoms with E-state index in [0.29, 0.717) is 18.2 Å². The van der Waals surface area contributed by atoms with Crippen molar-refractivity contribution >= 4 is 12.1 Å². The summed E-state index contributed by atoms with van der Waals surface area (Å²) in [5, 5.41) is 3.93. The highest BCUT2D eigenvalue weighted by Gasteiger charge is 2.03. The van der Waals surface area contributed by atoms with Gasteiger partial charge in [-0.3, -0.25) is 9.78 Å². The fraction of sp³-hybridized carbons (Fsp3) is 0.278. The number of benzene rings is 1. The number of carbonyl (C=O) groups excluding carboxylic acids is 1. The maximum atomic E-state index is 11.8. The van der Waals surface area contributed by atoms with Crippen LogP contribution in [-0.4, -0.2) is 23.7 Å². The van der Waals surface area contributed by atoms with Gasteiger partial charge in [0.05, 0.1) is 12.8 Å². The van der Waals surface area contributed by atoms with E-state index in [-0.39, 0.29) is 5.91 Å². The number of ether oxygens (including phenoxy) is 1. The van der Waals surface area contributed by atoms with Crippen LogP contribution in [0.2, 0.25) is 0 Å². The van der Waals surface area contributed by atoms with Gasteiger partial charge in [-0.25, -0.2) is 5.43 Å². The van der Waals surface area contributed by atoms with Gasteiger partial charge in [-0.05, 0) is 54.3 Å². The molecule has 0 radical (unpaired) electrons. The average molecular weight is 311 g/mol. The molecule has 0 saturated heterocycles. The molecule has 0 aliphatic carbocycles. The summed E-state index contributed by atoms with van der Waals surface area (Å²) in [6, 6.07) is 12.7. The number of carbonyl (C=O) groups is 1. The van der Waals surface area contributed by atoms with Crippen molar-refractivity contribution in [1.82, 2.24) is 10.4 Å². The van der Waals surface area contributed by atoms with Gasteiger partial charge < -0.3 is 4.74 Å². The van der Waals surface area contributed by atoms with Gasteiger partial charge in [0.25, 0.3) is 5.91 Å². The third-order valence-corrected chi connectivity index (χ3v) is 3.12. The number of nitrogens with zero attached hydrogens (tertiary/aromatic N) is 2. The molecule has 5 nitrogen and oxygen atoms in total. The molecular weight excluding hydrogens is 290 g/mol. The number of hydrazone groups is 1. The van der Waals surface area contributed by atoms with Crippen LogP contribution in [0.1, 0.15) is 36.3 Å². The third kappa shape index (κ3) is 5.90. The molecule has 0 atom stereocenters. The van der Waals surface area contributed by atoms with Crippen LogP contribution in [-0.2, 0) is 0 Å². The van der Waals surface area contributed by atoms with Gasteiger partial charge in [-0.2, -0.15) is 5.10 Å². The topological polar surface area (TPSA) is 63.6 Å². The van der Waals surface area contributed by atoms with Crippen molar-refractivity contribution in [3.05, 3.63) is 59.9 Å². The number of amides is 1. The van der Waals surface area contributed by atoms with Crippen LogP contribution >= 0.6 is 0 Å². The third-order valence-electron chi connectivity index (χ3n) is 3.12. The van der Waals surface area contributed by atoms with Gasteiger partial charge in [-0.15, -0.1) is 0 Å². The molecule has 120 valence electrons. The summed E-state index contributed by atoms with van der Waals surface area (Å²) in [5.41, 5.74) is 3.65. The predicted molar refractivity (Wildman–Crippen MR) is 90.7 cm³/mol. The van der Waals surface area contributed by atoms with Crippen molar-refractivity contribution in [2.24, 2.45) is 11.0 Å². The number of hydrogen-bond donors (Lipinski definition) is 1. The van der Waals surface area contributed by atoms with Crippen LogP contribution in [0.15, 0.2) is 53.8 Å². The van der Waals surface area contributed by atoms with Crippen LogP contribution < -0.4 is 10.2 Å². The van der Waals surface area contributed by atoms with Crippen LogP contribution in [0.4, 0.5) is 0 Å². The zero-order valence-electron chi connectivity index (χ0n) is 13.4. The molecule has 0 fully saturated rings. The van der Waals surface area contributed by atoms with E-state index < -0.39 is 0 Å². The molecule has 1 aromatic heterocycles. The van der Waals surface area contributed by atoms with Crippen molar-refractivity contribution in [3.8, 4) is 5.75 Å². The quantitative estimate of drug-likeness (QED) is 0.630. The molecule has 2 aromatic rings. The molecule has 23 heavy (non-hydrogen) atoms. The number of hydrogen-bond acceptors (Lipinski definition) is 4. The fourth-order valence-electron chi connectivity index (χ4n) is 1.78. The molecule has 0 aliphatic heterocycles. The van der Waals surface area contributed by atoms with Crippen LogP contribution in [0.3, 0.4) is 0 Å². The standard InChI is InChI=1S/C18H21N3O2/c1-14(2)10-12-23-16-8-6-15(7-9-16)13-20-21-18(22)17-5-3-4-11-19-17/h3-9,11,13-14H,10,12H2,1-2H3,(H,21,22)/b20-13-. The Morgan fingerprint density at radius 2 is 2.04 bits per heavy atom. The van der Waals surface area contributed by atoms with E-state index in [1.165, 1.54) is 0 Å². The largest absolute Gasteiger partial charge is 0.494 e. The Kier molecular flexibility index (Phi) is 6.29. The van der Waals surface area contributed by atoms with E-state index in [4.69, 9.17) is 4.74 Å². The average Bonchev–Trinajstić information content (AvgIpc) is 2.57. The van der Waals surface area contributed by atoms with Crippen LogP contribution in [0.5, 0.6) is 5.75 Å². The second kappa shape index (κ2) is 8.68. The van der Waals surface area contributed by atoms with Crippen LogP contribution in [0.25, 0.3) is 0 Å². The Morgan fingerprint density at radius 3 is 2.70 bits per heavy atom. The molecule has 1 heterocycles. The van der Waals surface area contributed by atoms with E-state index in [0.717, 1.165) is 17.7 Å². The first kappa shape index (κ1) is 16.7. The summed E-state index contributed by atoms with van der Waals surface area (Å²) < 4.78 is 5.65. The zero-order valence-corrected chi connectivity index (χ0v) is 13.4. The van der Waals surface area contributed by atoms with Gasteiger partial charge in [0, 0.05) is 6.20 Å². The maximum Gasteiger partial charge on any atom is 0.289 e. The van der Waals surface area contributed by atoms with Crippen molar-refractivity contribution in [1.29, 1.82) is 0 Å². The summed E-state index contributed by atoms with van der Waals surface area (Å²) in [6.45, 7) is 5.05. The maximum absolute atomic E-state index is 11.8. The molecule has 0 unspecified atom stereocenters. The molecule has 0 spiro atoms. The molecule has 5 heteroatoms. The van der Waals surface area contributed by atoms with E-state index in [9.17, 15) is 4.79 Å². The highest BCUT2D eigenvalue weighted by molar-refractivity contribution is 5.93. The summed E-state index contributed by atoms with van der Waals surface area (Å²) in [7, 11) is 0. The van der Waals surface area contributed by atoms with Gasteiger partial charge in [0.15, 0.2) is 0 Å². The van der Waals surface area contributed by atoms with E-state index in [1.807, 2.05) is 24.3 Å². The minimum Gasteiger partial charge on any atom is -0.494 e. The fourth-order valence-corrected chi connectivity index (χ4v) is 1.78. The molecule has 0 aliphatic rings. The second-order valence-corrected chi connectivity index (χ2v) is 5.51. The monoisotopic (exact) mass is 311 g/mol. The van der Waals surface area contributed by atoms with E-state index in [2.05, 4.69) is 29.4 Å². The van der Waals surface area contributed by atoms with Gasteiger partial charge >= 0.3 is 0 Å². The predicted octanol–water partition coefficient (Wildman–Crippen LogP) is 3.27. The molecule has 1 amide bonds. The van der Waals surface area contributed by atoms with E-state index in [1.54, 1.807) is 30.6 Å². The Morgan fingerprint density at radius 1 is 1.26 bits per heavy atom. The van der Waals surface area contributed by atoms with Gasteiger partial charge in [0.1, 0.15) is 11.4 Å². The molecule has 2 rings (SSSR count). The molecular formula is C18H21N3O2. The van der Waals surface area contributed by atoms with Gasteiger partial charge in [-0.1, -0.05) is 19.9 Å². The highest BCUT2D eigenvalue weighted by Crippen LogP contribution is 2.12. The summed E-state index contributed by atoms with van der Waals surface area (Å²) in [4.78, 5) is 15.7. The molecule has 0 bridgehead atoms. The van der Waals surface area contributed by atoms with Crippen molar-refractivity contribution in [2.45, 2.75) is 20.3 Å². The van der Waals surface area contributed by atoms with Gasteiger partial charge in [0.2, 0.25) is 0 Å². The second-order valence-electron chi connectivity index (χ2n) is 5.51. The number of aromatic nitrogens is 1. The lowest BCUT2D eigenvalue weighted by atomic mass is 10.1. The Hall–Kier alpha value is -2.69. The molecule has 1 N–H and O–H groups in total. The first-order valence-electron chi connectivity index (χ1n) is 7.62. The number of pyridine rings is 1. The Labute approximate surface area is 136 Å². The van der Waals surface area contributed by atoms with Crippen molar-refractivity contribution in [2.75, 3.05) is 6.61 Å². The lowest BCUT2D eigenvalue weighted by Gasteiger charge is -2.07. The molecule has 1 aromatic carbocycles. The van der Waals surface area contributed by atoms with Crippen molar-refractivity contribution in [3.63, 3.8) is 0 Å². The Bertz CT molecular complexity index is 637. The van der Waals surface area contributed by atoms with Crippen LogP contribution in [0, 0.1) is 5.92 Å².